The van der Waals surface area contributed by atoms with Crippen molar-refractivity contribution in [1.82, 2.24) is 19.5 Å². The second-order valence-corrected chi connectivity index (χ2v) is 5.68. The van der Waals surface area contributed by atoms with Crippen LogP contribution in [0.5, 0.6) is 0 Å². The maximum Gasteiger partial charge on any atom is 0.350 e. The average Bonchev–Trinajstić information content (AvgIpc) is 2.65. The highest BCUT2D eigenvalue weighted by molar-refractivity contribution is 7.99. The van der Waals surface area contributed by atoms with E-state index in [2.05, 4.69) is 10.4 Å². The number of nitrogens with one attached hydrogen (secondary N) is 1. The van der Waals surface area contributed by atoms with Gasteiger partial charge in [-0.2, -0.15) is 11.8 Å². The molecule has 3 heterocycles. The molecule has 0 saturated carbocycles. The molecule has 1 saturated heterocycles. The molecular weight excluding hydrogens is 248 g/mol. The van der Waals surface area contributed by atoms with Crippen LogP contribution in [0.2, 0.25) is 0 Å². The zero-order valence-corrected chi connectivity index (χ0v) is 10.9. The van der Waals surface area contributed by atoms with E-state index in [4.69, 9.17) is 0 Å². The highest BCUT2D eigenvalue weighted by atomic mass is 32.2. The molecule has 5 nitrogen and oxygen atoms in total. The van der Waals surface area contributed by atoms with Gasteiger partial charge in [-0.25, -0.2) is 9.48 Å². The Kier molecular flexibility index (Phi) is 3.38. The summed E-state index contributed by atoms with van der Waals surface area (Å²) in [6, 6.07) is 5.59. The van der Waals surface area contributed by atoms with Gasteiger partial charge in [0.1, 0.15) is 0 Å². The lowest BCUT2D eigenvalue weighted by atomic mass is 10.1. The third-order valence-corrected chi connectivity index (χ3v) is 4.33. The van der Waals surface area contributed by atoms with Crippen molar-refractivity contribution in [3.8, 4) is 0 Å². The Hall–Kier alpha value is -1.27. The topological polar surface area (TPSA) is 51.3 Å². The standard InChI is InChI=1S/C12H16N4OS/c17-12-15-4-2-1-3-11(15)14-16(12)5-6-18-9-10-7-13-8-10/h1-4,10,13H,5-9H2. The zero-order valence-electron chi connectivity index (χ0n) is 10.1. The summed E-state index contributed by atoms with van der Waals surface area (Å²) in [5.41, 5.74) is 0.673. The summed E-state index contributed by atoms with van der Waals surface area (Å²) in [5, 5.41) is 7.57. The van der Waals surface area contributed by atoms with Crippen molar-refractivity contribution in [2.24, 2.45) is 5.92 Å². The van der Waals surface area contributed by atoms with Gasteiger partial charge in [0.15, 0.2) is 5.65 Å². The predicted octanol–water partition coefficient (Wildman–Crippen LogP) is 0.449. The van der Waals surface area contributed by atoms with Gasteiger partial charge in [-0.05, 0) is 36.9 Å². The first-order valence-corrected chi connectivity index (χ1v) is 7.33. The van der Waals surface area contributed by atoms with Crippen molar-refractivity contribution in [1.29, 1.82) is 0 Å². The second-order valence-electron chi connectivity index (χ2n) is 4.53. The molecule has 2 aromatic rings. The highest BCUT2D eigenvalue weighted by Crippen LogP contribution is 2.12. The van der Waals surface area contributed by atoms with E-state index >= 15 is 0 Å². The van der Waals surface area contributed by atoms with E-state index in [-0.39, 0.29) is 5.69 Å². The molecule has 0 atom stereocenters. The molecule has 1 aliphatic rings. The van der Waals surface area contributed by atoms with Gasteiger partial charge in [-0.3, -0.25) is 4.40 Å². The van der Waals surface area contributed by atoms with Crippen LogP contribution < -0.4 is 11.0 Å². The van der Waals surface area contributed by atoms with E-state index in [0.29, 0.717) is 6.54 Å². The average molecular weight is 264 g/mol. The quantitative estimate of drug-likeness (QED) is 0.797. The third kappa shape index (κ3) is 2.30. The molecule has 0 bridgehead atoms. The Balaban J connectivity index is 1.60. The molecule has 0 spiro atoms. The van der Waals surface area contributed by atoms with Gasteiger partial charge in [0.2, 0.25) is 0 Å². The Morgan fingerprint density at radius 1 is 1.44 bits per heavy atom. The van der Waals surface area contributed by atoms with Gasteiger partial charge < -0.3 is 5.32 Å². The van der Waals surface area contributed by atoms with Crippen molar-refractivity contribution in [2.75, 3.05) is 24.6 Å². The number of hydrogen-bond acceptors (Lipinski definition) is 4. The zero-order chi connectivity index (χ0) is 12.4. The maximum absolute atomic E-state index is 12.0. The molecule has 1 aliphatic heterocycles. The number of aryl methyl sites for hydroxylation is 1. The van der Waals surface area contributed by atoms with Gasteiger partial charge in [0.05, 0.1) is 6.54 Å². The summed E-state index contributed by atoms with van der Waals surface area (Å²) in [6.07, 6.45) is 1.76. The molecule has 18 heavy (non-hydrogen) atoms. The number of hydrogen-bond donors (Lipinski definition) is 1. The molecule has 6 heteroatoms. The van der Waals surface area contributed by atoms with E-state index in [0.717, 1.165) is 30.4 Å². The van der Waals surface area contributed by atoms with E-state index < -0.39 is 0 Å². The van der Waals surface area contributed by atoms with Crippen molar-refractivity contribution in [2.45, 2.75) is 6.54 Å². The van der Waals surface area contributed by atoms with Crippen LogP contribution in [0.25, 0.3) is 5.65 Å². The van der Waals surface area contributed by atoms with Crippen LogP contribution in [0.3, 0.4) is 0 Å². The molecule has 0 aromatic carbocycles. The summed E-state index contributed by atoms with van der Waals surface area (Å²) >= 11 is 1.90. The molecule has 0 unspecified atom stereocenters. The predicted molar refractivity (Wildman–Crippen MR) is 73.1 cm³/mol. The lowest BCUT2D eigenvalue weighted by Crippen LogP contribution is -2.43. The van der Waals surface area contributed by atoms with Crippen LogP contribution in [0, 0.1) is 5.92 Å². The molecule has 0 radical (unpaired) electrons. The number of aromatic nitrogens is 3. The lowest BCUT2D eigenvalue weighted by Gasteiger charge is -2.26. The van der Waals surface area contributed by atoms with Gasteiger partial charge in [-0.15, -0.1) is 5.10 Å². The van der Waals surface area contributed by atoms with E-state index in [1.54, 1.807) is 15.3 Å². The van der Waals surface area contributed by atoms with E-state index in [1.165, 1.54) is 5.75 Å². The molecule has 2 aromatic heterocycles. The number of nitrogens with zero attached hydrogens (tertiary/aromatic N) is 3. The van der Waals surface area contributed by atoms with Gasteiger partial charge in [0, 0.05) is 11.9 Å². The number of thioether (sulfide) groups is 1. The van der Waals surface area contributed by atoms with Crippen molar-refractivity contribution in [3.63, 3.8) is 0 Å². The molecular formula is C12H16N4OS. The van der Waals surface area contributed by atoms with Crippen molar-refractivity contribution < 1.29 is 0 Å². The van der Waals surface area contributed by atoms with Crippen LogP contribution in [0.1, 0.15) is 0 Å². The van der Waals surface area contributed by atoms with Crippen molar-refractivity contribution in [3.05, 3.63) is 34.9 Å². The number of rotatable bonds is 5. The smallest absolute Gasteiger partial charge is 0.316 e. The molecule has 96 valence electrons. The summed E-state index contributed by atoms with van der Waals surface area (Å²) in [6.45, 7) is 2.97. The fourth-order valence-electron chi connectivity index (χ4n) is 1.98. The second kappa shape index (κ2) is 5.16. The SMILES string of the molecule is O=c1n(CCSCC2CNC2)nc2ccccn12. The lowest BCUT2D eigenvalue weighted by molar-refractivity contribution is 0.385. The monoisotopic (exact) mass is 264 g/mol. The van der Waals surface area contributed by atoms with E-state index in [9.17, 15) is 4.79 Å². The van der Waals surface area contributed by atoms with E-state index in [1.807, 2.05) is 30.0 Å². The van der Waals surface area contributed by atoms with Crippen LogP contribution in [-0.2, 0) is 6.54 Å². The largest absolute Gasteiger partial charge is 0.350 e. The first-order chi connectivity index (χ1) is 8.84. The third-order valence-electron chi connectivity index (χ3n) is 3.16. The minimum atomic E-state index is -0.0449. The number of pyridine rings is 1. The Bertz CT molecular complexity index is 587. The summed E-state index contributed by atoms with van der Waals surface area (Å²) < 4.78 is 3.14. The molecule has 0 aliphatic carbocycles. The molecule has 3 rings (SSSR count). The molecule has 0 amide bonds. The Labute approximate surface area is 109 Å². The summed E-state index contributed by atoms with van der Waals surface area (Å²) in [7, 11) is 0. The Morgan fingerprint density at radius 3 is 3.06 bits per heavy atom. The van der Waals surface area contributed by atoms with Crippen LogP contribution >= 0.6 is 11.8 Å². The normalized spacial score (nSPS) is 16.0. The minimum Gasteiger partial charge on any atom is -0.316 e. The van der Waals surface area contributed by atoms with Gasteiger partial charge >= 0.3 is 5.69 Å². The molecule has 1 N–H and O–H groups in total. The number of fused-ring (bicyclic) bond motifs is 1. The first-order valence-electron chi connectivity index (χ1n) is 6.17. The van der Waals surface area contributed by atoms with Crippen LogP contribution in [0.4, 0.5) is 0 Å². The summed E-state index contributed by atoms with van der Waals surface area (Å²) in [5.74, 6) is 2.93. The maximum atomic E-state index is 12.0. The van der Waals surface area contributed by atoms with Crippen LogP contribution in [0.15, 0.2) is 29.2 Å². The van der Waals surface area contributed by atoms with Gasteiger partial charge in [0.25, 0.3) is 0 Å². The van der Waals surface area contributed by atoms with Gasteiger partial charge in [-0.1, -0.05) is 6.07 Å². The molecule has 1 fully saturated rings. The first kappa shape index (κ1) is 11.8. The summed E-state index contributed by atoms with van der Waals surface area (Å²) in [4.78, 5) is 12.0. The van der Waals surface area contributed by atoms with Crippen LogP contribution in [-0.4, -0.2) is 38.8 Å². The highest BCUT2D eigenvalue weighted by Gasteiger charge is 2.16. The Morgan fingerprint density at radius 2 is 2.33 bits per heavy atom. The fourth-order valence-corrected chi connectivity index (χ4v) is 3.02. The fraction of sp³-hybridized carbons (Fsp3) is 0.500. The van der Waals surface area contributed by atoms with Crippen molar-refractivity contribution >= 4 is 17.4 Å². The minimum absolute atomic E-state index is 0.0449.